The third kappa shape index (κ3) is 6.93. The van der Waals surface area contributed by atoms with Crippen LogP contribution in [0.4, 0.5) is 0 Å². The number of fused-ring (bicyclic) bond motifs is 3. The quantitative estimate of drug-likeness (QED) is 0.167. The summed E-state index contributed by atoms with van der Waals surface area (Å²) in [6.07, 6.45) is 24.1. The van der Waals surface area contributed by atoms with Gasteiger partial charge in [0.15, 0.2) is 0 Å². The van der Waals surface area contributed by atoms with Crippen LogP contribution in [0.2, 0.25) is 11.9 Å². The van der Waals surface area contributed by atoms with Crippen LogP contribution in [-0.4, -0.2) is 4.21 Å². The maximum absolute atomic E-state index is 6.11. The van der Waals surface area contributed by atoms with Crippen molar-refractivity contribution in [3.63, 3.8) is 0 Å². The van der Waals surface area contributed by atoms with Crippen LogP contribution >= 0.6 is 0 Å². The summed E-state index contributed by atoms with van der Waals surface area (Å²) in [6.45, 7) is 14.5. The van der Waals surface area contributed by atoms with Crippen molar-refractivity contribution in [2.24, 2.45) is 11.8 Å². The number of hydrogen-bond donors (Lipinski definition) is 0. The van der Waals surface area contributed by atoms with Crippen molar-refractivity contribution in [2.75, 3.05) is 0 Å². The first kappa shape index (κ1) is 38.0. The van der Waals surface area contributed by atoms with Gasteiger partial charge in [0.1, 0.15) is 0 Å². The van der Waals surface area contributed by atoms with E-state index >= 15 is 0 Å². The molecule has 8 rings (SSSR count). The normalized spacial score (nSPS) is 19.0. The van der Waals surface area contributed by atoms with Gasteiger partial charge in [0.25, 0.3) is 0 Å². The standard InChI is InChI=1S/C33H33.2C7H13.C5H5.CH2.Zr/c1-32(2,3)30-20-26-24(18-28(30)22-13-9-7-10-14-22)17-25-19-29(23-15-11-8-12-16-23)31(21-27(25)26)33(4,5)6;2*1-7-5-3-2-4-6-7;1-2-4-5-3-1;;/h7-21H,1-6H3;2*7H,1-6H2;1-5H;1H2;. The molecule has 2 saturated carbocycles. The average Bonchev–Trinajstić information content (AvgIpc) is 3.83. The molecule has 4 aliphatic carbocycles. The van der Waals surface area contributed by atoms with Gasteiger partial charge in [-0.05, 0) is 0 Å². The van der Waals surface area contributed by atoms with Crippen molar-refractivity contribution >= 4 is 4.21 Å². The van der Waals surface area contributed by atoms with Crippen molar-refractivity contribution in [1.29, 1.82) is 0 Å². The van der Waals surface area contributed by atoms with Crippen LogP contribution in [0.1, 0.15) is 132 Å². The molecular formula is C53H66Zr. The molecule has 0 atom stereocenters. The van der Waals surface area contributed by atoms with Crippen molar-refractivity contribution in [1.82, 2.24) is 0 Å². The fourth-order valence-electron chi connectivity index (χ4n) is 12.1. The Hall–Kier alpha value is -2.89. The van der Waals surface area contributed by atoms with Crippen molar-refractivity contribution in [2.45, 2.75) is 132 Å². The van der Waals surface area contributed by atoms with Crippen LogP contribution in [-0.2, 0) is 29.1 Å². The minimum atomic E-state index is -4.32. The van der Waals surface area contributed by atoms with Crippen LogP contribution in [0.25, 0.3) is 33.4 Å². The Morgan fingerprint density at radius 3 is 1.28 bits per heavy atom. The fourth-order valence-corrected chi connectivity index (χ4v) is 33.7. The van der Waals surface area contributed by atoms with Crippen molar-refractivity contribution < 1.29 is 18.3 Å². The molecule has 2 fully saturated rings. The van der Waals surface area contributed by atoms with Crippen molar-refractivity contribution in [3.05, 3.63) is 131 Å². The van der Waals surface area contributed by atoms with Gasteiger partial charge in [-0.1, -0.05) is 0 Å². The minimum absolute atomic E-state index is 0.00108. The summed E-state index contributed by atoms with van der Waals surface area (Å²) < 4.78 is 9.76. The summed E-state index contributed by atoms with van der Waals surface area (Å²) in [6, 6.07) is 33.5. The Kier molecular flexibility index (Phi) is 10.2. The number of rotatable bonds is 8. The molecule has 0 amide bonds. The second-order valence-electron chi connectivity index (χ2n) is 20.5. The van der Waals surface area contributed by atoms with E-state index in [0.29, 0.717) is 7.25 Å². The van der Waals surface area contributed by atoms with Crippen LogP contribution in [0, 0.1) is 11.8 Å². The van der Waals surface area contributed by atoms with Gasteiger partial charge in [-0.2, -0.15) is 0 Å². The van der Waals surface area contributed by atoms with Crippen LogP contribution in [0.3, 0.4) is 0 Å². The van der Waals surface area contributed by atoms with E-state index in [0.717, 1.165) is 11.8 Å². The third-order valence-corrected chi connectivity index (χ3v) is 33.3. The summed E-state index contributed by atoms with van der Waals surface area (Å²) in [5.41, 5.74) is 14.7. The third-order valence-electron chi connectivity index (χ3n) is 14.6. The second kappa shape index (κ2) is 14.6. The van der Waals surface area contributed by atoms with Gasteiger partial charge in [-0.3, -0.25) is 0 Å². The molecule has 0 N–H and O–H groups in total. The molecule has 0 heterocycles. The summed E-state index contributed by atoms with van der Waals surface area (Å²) in [5, 5.41) is 0. The monoisotopic (exact) mass is 792 g/mol. The van der Waals surface area contributed by atoms with Gasteiger partial charge >= 0.3 is 331 Å². The first-order valence-electron chi connectivity index (χ1n) is 21.7. The molecule has 0 unspecified atom stereocenters. The summed E-state index contributed by atoms with van der Waals surface area (Å²) in [5.74, 6) is 1.59. The SMILES string of the molecule is [CH2]=[Zr]([CH2]C1CCCCC1)([CH2]C1CCCCC1)([CH]1C=CC=C1)[CH]1c2cc(-c3ccccc3)c(C(C)(C)C)cc2-c2cc(C(C)(C)C)c(-c3ccccc3)cc21. The van der Waals surface area contributed by atoms with E-state index < -0.39 is 18.3 Å². The van der Waals surface area contributed by atoms with Gasteiger partial charge in [-0.15, -0.1) is 0 Å². The predicted molar refractivity (Wildman–Crippen MR) is 234 cm³/mol. The Bertz CT molecular complexity index is 1960. The maximum atomic E-state index is 6.11. The van der Waals surface area contributed by atoms with Gasteiger partial charge in [0.2, 0.25) is 0 Å². The van der Waals surface area contributed by atoms with E-state index in [4.69, 9.17) is 4.21 Å². The van der Waals surface area contributed by atoms with Crippen molar-refractivity contribution in [3.8, 4) is 33.4 Å². The Labute approximate surface area is 329 Å². The molecule has 282 valence electrons. The summed E-state index contributed by atoms with van der Waals surface area (Å²) in [7, 11) is 0. The Balaban J connectivity index is 1.49. The van der Waals surface area contributed by atoms with Crippen LogP contribution in [0.15, 0.2) is 109 Å². The molecule has 0 nitrogen and oxygen atoms in total. The average molecular weight is 794 g/mol. The van der Waals surface area contributed by atoms with Crippen LogP contribution in [0.5, 0.6) is 0 Å². The Morgan fingerprint density at radius 2 is 0.907 bits per heavy atom. The molecule has 4 aromatic rings. The molecule has 0 aliphatic heterocycles. The molecule has 0 bridgehead atoms. The van der Waals surface area contributed by atoms with Gasteiger partial charge in [-0.25, -0.2) is 0 Å². The molecule has 4 aromatic carbocycles. The van der Waals surface area contributed by atoms with E-state index in [-0.39, 0.29) is 10.8 Å². The topological polar surface area (TPSA) is 0 Å². The molecule has 0 radical (unpaired) electrons. The summed E-state index contributed by atoms with van der Waals surface area (Å²) >= 11 is -4.32. The van der Waals surface area contributed by atoms with E-state index in [1.807, 2.05) is 0 Å². The van der Waals surface area contributed by atoms with E-state index in [1.165, 1.54) is 117 Å². The van der Waals surface area contributed by atoms with E-state index in [2.05, 4.69) is 151 Å². The van der Waals surface area contributed by atoms with Gasteiger partial charge in [0.05, 0.1) is 0 Å². The first-order chi connectivity index (χ1) is 25.8. The number of benzene rings is 4. The van der Waals surface area contributed by atoms with Gasteiger partial charge in [0, 0.05) is 0 Å². The molecule has 0 aromatic heterocycles. The number of hydrogen-bond acceptors (Lipinski definition) is 0. The molecule has 1 heteroatoms. The van der Waals surface area contributed by atoms with Gasteiger partial charge < -0.3 is 0 Å². The van der Waals surface area contributed by atoms with E-state index in [1.54, 1.807) is 11.1 Å². The Morgan fingerprint density at radius 1 is 0.519 bits per heavy atom. The zero-order valence-electron chi connectivity index (χ0n) is 34.4. The molecule has 4 aliphatic rings. The fraction of sp³-hybridized carbons (Fsp3) is 0.453. The zero-order valence-corrected chi connectivity index (χ0v) is 36.9. The first-order valence-corrected chi connectivity index (χ1v) is 29.8. The van der Waals surface area contributed by atoms with E-state index in [9.17, 15) is 0 Å². The molecular weight excluding hydrogens is 728 g/mol. The predicted octanol–water partition coefficient (Wildman–Crippen LogP) is 15.7. The molecule has 0 spiro atoms. The number of allylic oxidation sites excluding steroid dienone is 4. The summed E-state index contributed by atoms with van der Waals surface area (Å²) in [4.78, 5) is 0. The molecule has 0 saturated heterocycles. The zero-order chi connectivity index (χ0) is 37.7. The second-order valence-corrected chi connectivity index (χ2v) is 36.1. The molecule has 54 heavy (non-hydrogen) atoms. The van der Waals surface area contributed by atoms with Crippen LogP contribution < -0.4 is 0 Å².